The fraction of sp³-hybridized carbons (Fsp3) is 0.581. The smallest absolute Gasteiger partial charge is 0.233 e. The summed E-state index contributed by atoms with van der Waals surface area (Å²) in [4.78, 5) is 62.9. The lowest BCUT2D eigenvalue weighted by atomic mass is 9.88. The highest BCUT2D eigenvalue weighted by Gasteiger charge is 2.42. The van der Waals surface area contributed by atoms with Crippen molar-refractivity contribution < 1.29 is 19.2 Å². The fourth-order valence-corrected chi connectivity index (χ4v) is 6.22. The summed E-state index contributed by atoms with van der Waals surface area (Å²) in [5.41, 5.74) is 2.69. The third-order valence-corrected chi connectivity index (χ3v) is 8.74. The maximum Gasteiger partial charge on any atom is 0.233 e. The number of hydrogen-bond acceptors (Lipinski definition) is 9. The lowest BCUT2D eigenvalue weighted by Gasteiger charge is -2.20. The molecule has 4 amide bonds. The Morgan fingerprint density at radius 3 is 1.73 bits per heavy atom. The molecule has 45 heavy (non-hydrogen) atoms. The third kappa shape index (κ3) is 4.81. The van der Waals surface area contributed by atoms with E-state index in [0.717, 1.165) is 22.2 Å². The number of fused-ring (bicyclic) bond motifs is 2. The van der Waals surface area contributed by atoms with Gasteiger partial charge >= 0.3 is 0 Å². The van der Waals surface area contributed by atoms with E-state index < -0.39 is 12.1 Å². The van der Waals surface area contributed by atoms with E-state index in [-0.39, 0.29) is 59.1 Å². The van der Waals surface area contributed by atoms with Gasteiger partial charge in [0.15, 0.2) is 22.9 Å². The average Bonchev–Trinajstić information content (AvgIpc) is 3.73. The lowest BCUT2D eigenvalue weighted by Crippen LogP contribution is -2.33. The van der Waals surface area contributed by atoms with E-state index in [1.807, 2.05) is 6.08 Å². The molecule has 0 spiro atoms. The molecule has 0 saturated carbocycles. The van der Waals surface area contributed by atoms with Gasteiger partial charge in [-0.3, -0.25) is 34.1 Å². The number of nitrogens with zero attached hydrogens (tertiary/aromatic N) is 9. The molecule has 2 fully saturated rings. The number of amides is 4. The second-order valence-corrected chi connectivity index (χ2v) is 14.6. The predicted molar refractivity (Wildman–Crippen MR) is 162 cm³/mol. The van der Waals surface area contributed by atoms with Crippen molar-refractivity contribution >= 4 is 41.0 Å². The van der Waals surface area contributed by atoms with Crippen molar-refractivity contribution in [3.8, 4) is 0 Å². The van der Waals surface area contributed by atoms with Gasteiger partial charge in [0.05, 0.1) is 23.5 Å². The van der Waals surface area contributed by atoms with Gasteiger partial charge in [0, 0.05) is 46.3 Å². The Morgan fingerprint density at radius 1 is 0.756 bits per heavy atom. The molecule has 0 radical (unpaired) electrons. The molecule has 0 aromatic carbocycles. The summed E-state index contributed by atoms with van der Waals surface area (Å²) in [6.07, 6.45) is 2.32. The van der Waals surface area contributed by atoms with Crippen molar-refractivity contribution in [2.24, 2.45) is 11.8 Å². The van der Waals surface area contributed by atoms with Crippen LogP contribution in [0.5, 0.6) is 0 Å². The molecule has 6 rings (SSSR count). The van der Waals surface area contributed by atoms with Crippen LogP contribution in [0.2, 0.25) is 0 Å². The van der Waals surface area contributed by atoms with E-state index in [9.17, 15) is 19.2 Å². The maximum absolute atomic E-state index is 12.8. The molecule has 14 nitrogen and oxygen atoms in total. The number of rotatable bonds is 5. The topological polar surface area (TPSA) is 164 Å². The zero-order chi connectivity index (χ0) is 32.9. The molecule has 4 aromatic heterocycles. The van der Waals surface area contributed by atoms with Crippen LogP contribution in [0.4, 0.5) is 0 Å². The van der Waals surface area contributed by atoms with E-state index in [1.165, 1.54) is 14.4 Å². The van der Waals surface area contributed by atoms with Crippen molar-refractivity contribution in [1.29, 1.82) is 0 Å². The third-order valence-electron chi connectivity index (χ3n) is 8.74. The first kappa shape index (κ1) is 30.5. The number of carbonyl (C=O) groups is 4. The number of nitrogens with one attached hydrogen (secondary N) is 1. The number of aromatic nitrogens is 8. The minimum absolute atomic E-state index is 0.172. The highest BCUT2D eigenvalue weighted by molar-refractivity contribution is 6.04. The minimum atomic E-state index is -0.647. The Balaban J connectivity index is 1.52. The summed E-state index contributed by atoms with van der Waals surface area (Å²) in [6, 6.07) is -1.28. The summed E-state index contributed by atoms with van der Waals surface area (Å²) in [6.45, 7) is 19.4. The Morgan fingerprint density at radius 2 is 1.27 bits per heavy atom. The van der Waals surface area contributed by atoms with Crippen LogP contribution in [-0.4, -0.2) is 73.1 Å². The van der Waals surface area contributed by atoms with Gasteiger partial charge < -0.3 is 0 Å². The van der Waals surface area contributed by atoms with E-state index >= 15 is 0 Å². The summed E-state index contributed by atoms with van der Waals surface area (Å²) in [7, 11) is 0. The van der Waals surface area contributed by atoms with E-state index in [0.29, 0.717) is 22.9 Å². The summed E-state index contributed by atoms with van der Waals surface area (Å²) >= 11 is 0. The van der Waals surface area contributed by atoms with Crippen LogP contribution in [0.3, 0.4) is 0 Å². The molecular weight excluding hydrogens is 576 g/mol. The molecule has 6 heterocycles. The summed E-state index contributed by atoms with van der Waals surface area (Å²) in [5, 5.41) is 18.2. The lowest BCUT2D eigenvalue weighted by molar-refractivity contribution is -0.143. The number of likely N-dealkylation sites (tertiary alicyclic amines) is 2. The van der Waals surface area contributed by atoms with Crippen molar-refractivity contribution in [2.45, 2.75) is 105 Å². The summed E-state index contributed by atoms with van der Waals surface area (Å²) < 4.78 is 3.05. The molecule has 0 aliphatic carbocycles. The first-order valence-electron chi connectivity index (χ1n) is 15.4. The second kappa shape index (κ2) is 10.0. The normalized spacial score (nSPS) is 21.9. The molecule has 2 saturated heterocycles. The molecule has 2 aliphatic rings. The van der Waals surface area contributed by atoms with Gasteiger partial charge in [-0.25, -0.2) is 9.97 Å². The van der Waals surface area contributed by atoms with Crippen molar-refractivity contribution in [3.05, 3.63) is 33.8 Å². The molecule has 0 bridgehead atoms. The van der Waals surface area contributed by atoms with Gasteiger partial charge in [-0.05, 0) is 19.9 Å². The van der Waals surface area contributed by atoms with Crippen LogP contribution in [0.25, 0.3) is 17.4 Å². The van der Waals surface area contributed by atoms with E-state index in [1.54, 1.807) is 32.3 Å². The molecule has 14 heteroatoms. The van der Waals surface area contributed by atoms with Gasteiger partial charge in [0.2, 0.25) is 23.6 Å². The van der Waals surface area contributed by atoms with Crippen LogP contribution in [0, 0.1) is 11.8 Å². The van der Waals surface area contributed by atoms with Crippen LogP contribution in [0.15, 0.2) is 0 Å². The first-order valence-corrected chi connectivity index (χ1v) is 15.4. The van der Waals surface area contributed by atoms with Crippen LogP contribution >= 0.6 is 0 Å². The fourth-order valence-electron chi connectivity index (χ4n) is 6.22. The standard InChI is InChI=1S/C31H40N10O4/c1-14-11-20(42)38(28(14)44)16(3)24-32-26-18(22(30(5,6)7)34-40(26)36-24)13-19-23(31(8,9)10)35-41-27(19)33-25(37-41)17(4)39-21(43)12-15(2)29(39)45/h13-17,34H,11-12H2,1-10H3/b19-13-. The van der Waals surface area contributed by atoms with Gasteiger partial charge in [-0.15, -0.1) is 14.8 Å². The molecule has 2 aliphatic heterocycles. The highest BCUT2D eigenvalue weighted by atomic mass is 16.2. The minimum Gasteiger partial charge on any atom is -0.279 e. The van der Waals surface area contributed by atoms with Crippen molar-refractivity contribution in [1.82, 2.24) is 49.4 Å². The van der Waals surface area contributed by atoms with Crippen LogP contribution in [0.1, 0.15) is 123 Å². The number of H-pyrrole nitrogens is 1. The molecule has 1 N–H and O–H groups in total. The zero-order valence-corrected chi connectivity index (χ0v) is 27.5. The highest BCUT2D eigenvalue weighted by Crippen LogP contribution is 2.32. The van der Waals surface area contributed by atoms with Crippen molar-refractivity contribution in [2.75, 3.05) is 0 Å². The number of carbonyl (C=O) groups excluding carboxylic acids is 4. The number of aromatic amines is 1. The quantitative estimate of drug-likeness (QED) is 0.332. The van der Waals surface area contributed by atoms with Gasteiger partial charge in [-0.1, -0.05) is 55.4 Å². The Bertz CT molecular complexity index is 1950. The molecule has 4 unspecified atom stereocenters. The predicted octanol–water partition coefficient (Wildman–Crippen LogP) is 2.55. The molecule has 238 valence electrons. The second-order valence-electron chi connectivity index (χ2n) is 14.6. The van der Waals surface area contributed by atoms with Gasteiger partial charge in [0.1, 0.15) is 0 Å². The maximum atomic E-state index is 12.8. The van der Waals surface area contributed by atoms with Gasteiger partial charge in [0.25, 0.3) is 0 Å². The molecular formula is C31H40N10O4. The molecule has 4 aromatic rings. The Hall–Kier alpha value is -4.49. The number of imide groups is 2. The monoisotopic (exact) mass is 616 g/mol. The van der Waals surface area contributed by atoms with E-state index in [4.69, 9.17) is 15.1 Å². The van der Waals surface area contributed by atoms with Crippen molar-refractivity contribution in [3.63, 3.8) is 0 Å². The zero-order valence-electron chi connectivity index (χ0n) is 27.5. The Labute approximate surface area is 260 Å². The Kier molecular flexibility index (Phi) is 6.79. The first-order chi connectivity index (χ1) is 20.9. The molecule has 4 atom stereocenters. The largest absolute Gasteiger partial charge is 0.279 e. The summed E-state index contributed by atoms with van der Waals surface area (Å²) in [5.74, 6) is -0.992. The average molecular weight is 617 g/mol. The van der Waals surface area contributed by atoms with Gasteiger partial charge in [-0.2, -0.15) is 9.73 Å². The SMILES string of the molecule is CC1CC(=O)N(C(C)c2nc3/c(=C\c4c(C(C)(C)C)[nH]n5nc(C(C)N6C(=O)CC(C)C6=O)nc45)c(C(C)(C)C)nn3n2)C1=O. The van der Waals surface area contributed by atoms with Crippen LogP contribution < -0.4 is 5.22 Å². The van der Waals surface area contributed by atoms with Crippen LogP contribution in [-0.2, 0) is 30.0 Å². The van der Waals surface area contributed by atoms with E-state index in [2.05, 4.69) is 56.8 Å². The number of hydrogen-bond donors (Lipinski definition) is 1.